The number of carbonyl (C=O) groups is 5. The molecule has 0 bridgehead atoms. The van der Waals surface area contributed by atoms with Gasteiger partial charge in [0.2, 0.25) is 5.91 Å². The van der Waals surface area contributed by atoms with E-state index in [0.717, 1.165) is 11.1 Å². The maximum Gasteiger partial charge on any atom is 0.547 e. The molecule has 1 fully saturated rings. The van der Waals surface area contributed by atoms with E-state index in [1.807, 2.05) is 17.3 Å². The molecule has 0 radical (unpaired) electrons. The van der Waals surface area contributed by atoms with Gasteiger partial charge < -0.3 is 40.5 Å². The van der Waals surface area contributed by atoms with Crippen molar-refractivity contribution in [2.45, 2.75) is 24.9 Å². The van der Waals surface area contributed by atoms with Gasteiger partial charge in [-0.05, 0) is 31.2 Å². The number of carboxylic acids is 1. The third-order valence-corrected chi connectivity index (χ3v) is 9.14. The van der Waals surface area contributed by atoms with Crippen LogP contribution >= 0.6 is 22.9 Å². The van der Waals surface area contributed by atoms with Gasteiger partial charge in [0.05, 0.1) is 17.5 Å². The van der Waals surface area contributed by atoms with Crippen LogP contribution in [0.1, 0.15) is 32.5 Å². The zero-order valence-corrected chi connectivity index (χ0v) is 27.5. The van der Waals surface area contributed by atoms with Gasteiger partial charge in [0, 0.05) is 43.3 Å². The topological polar surface area (TPSA) is 222 Å². The molecule has 3 heterocycles. The summed E-state index contributed by atoms with van der Waals surface area (Å²) in [5.74, 6) is -11.9. The second-order valence-electron chi connectivity index (χ2n) is 11.3. The molecule has 2 atom stereocenters. The normalized spacial score (nSPS) is 16.6. The highest BCUT2D eigenvalue weighted by atomic mass is 35.5. The summed E-state index contributed by atoms with van der Waals surface area (Å²) in [4.78, 5) is 72.5. The van der Waals surface area contributed by atoms with Crippen LogP contribution in [0, 0.1) is 11.6 Å². The van der Waals surface area contributed by atoms with Crippen LogP contribution in [0.4, 0.5) is 13.6 Å². The summed E-state index contributed by atoms with van der Waals surface area (Å²) < 4.78 is 34.0. The molecule has 264 valence electrons. The monoisotopic (exact) mass is 736 g/mol. The van der Waals surface area contributed by atoms with Gasteiger partial charge in [-0.3, -0.25) is 24.2 Å². The number of rotatable bonds is 10. The Morgan fingerprint density at radius 1 is 1.18 bits per heavy atom. The molecular weight excluding hydrogens is 709 g/mol. The number of aromatic carboxylic acids is 1. The molecule has 2 aliphatic heterocycles. The number of phenolic OH excluding ortho intramolecular Hbond substituents is 2. The molecule has 0 aliphatic carbocycles. The second-order valence-corrected chi connectivity index (χ2v) is 12.7. The fraction of sp³-hybridized carbons (Fsp3) is 0.310. The quantitative estimate of drug-likeness (QED) is 0.0970. The number of nitrogens with zero attached hydrogens (tertiary/aromatic N) is 4. The molecule has 2 aliphatic rings. The van der Waals surface area contributed by atoms with Crippen molar-refractivity contribution in [1.29, 1.82) is 0 Å². The minimum Gasteiger partial charge on any atom is -0.534 e. The number of nitrogens with one attached hydrogen (secondary N) is 2. The van der Waals surface area contributed by atoms with Gasteiger partial charge >= 0.3 is 30.9 Å². The fourth-order valence-corrected chi connectivity index (χ4v) is 6.31. The Bertz CT molecular complexity index is 1860. The standard InChI is InChI=1S/C29H28BClF2N6O10S/c1-37(12-18-34-4-9-50-18)5-6-38-7-8-39(27(44)26(38)43)29(47)36-21(14-11-16(33)22(40)23(41)20(14)31)25(42)35-17-10-13-2-3-15(32)19(28(45)46)24(13)49-30(17)48/h2-4,9,11,17,21,40-41,48H,5-8,10,12H2,1H3,(H,35,42)(H,36,47)(H,45,46)/t17-,21+/m0/s1. The first kappa shape index (κ1) is 36.2. The van der Waals surface area contributed by atoms with Gasteiger partial charge in [-0.1, -0.05) is 17.7 Å². The van der Waals surface area contributed by atoms with Crippen LogP contribution in [0.25, 0.3) is 0 Å². The minimum absolute atomic E-state index is 0.0563. The lowest BCUT2D eigenvalue weighted by Gasteiger charge is -2.34. The molecule has 0 saturated carbocycles. The van der Waals surface area contributed by atoms with Crippen molar-refractivity contribution in [3.8, 4) is 17.2 Å². The molecule has 0 unspecified atom stereocenters. The van der Waals surface area contributed by atoms with Crippen molar-refractivity contribution in [3.05, 3.63) is 68.1 Å². The number of likely N-dealkylation sites (N-methyl/N-ethyl adjacent to an activating group) is 1. The summed E-state index contributed by atoms with van der Waals surface area (Å²) in [5.41, 5.74) is -1.35. The molecule has 1 aromatic heterocycles. The molecule has 5 amide bonds. The predicted molar refractivity (Wildman–Crippen MR) is 170 cm³/mol. The van der Waals surface area contributed by atoms with Gasteiger partial charge in [-0.2, -0.15) is 0 Å². The molecule has 5 rings (SSSR count). The van der Waals surface area contributed by atoms with E-state index in [1.165, 1.54) is 22.3 Å². The van der Waals surface area contributed by atoms with E-state index in [2.05, 4.69) is 15.6 Å². The van der Waals surface area contributed by atoms with Gasteiger partial charge in [-0.25, -0.2) is 23.4 Å². The molecule has 2 aromatic carbocycles. The second kappa shape index (κ2) is 14.8. The summed E-state index contributed by atoms with van der Waals surface area (Å²) >= 11 is 7.59. The first-order valence-electron chi connectivity index (χ1n) is 14.8. The lowest BCUT2D eigenvalue weighted by Crippen LogP contribution is -2.60. The molecule has 0 spiro atoms. The Kier molecular flexibility index (Phi) is 10.7. The Balaban J connectivity index is 1.33. The number of halogens is 3. The van der Waals surface area contributed by atoms with Crippen LogP contribution < -0.4 is 15.3 Å². The third-order valence-electron chi connectivity index (χ3n) is 7.98. The number of aromatic hydroxyl groups is 2. The van der Waals surface area contributed by atoms with E-state index in [4.69, 9.17) is 16.3 Å². The number of thiazole rings is 1. The molecule has 50 heavy (non-hydrogen) atoms. The van der Waals surface area contributed by atoms with E-state index >= 15 is 0 Å². The number of fused-ring (bicyclic) bond motifs is 1. The van der Waals surface area contributed by atoms with Crippen molar-refractivity contribution < 1.29 is 57.8 Å². The summed E-state index contributed by atoms with van der Waals surface area (Å²) in [7, 11) is -0.141. The highest BCUT2D eigenvalue weighted by Crippen LogP contribution is 2.40. The number of aromatic nitrogens is 1. The van der Waals surface area contributed by atoms with E-state index in [9.17, 15) is 53.1 Å². The lowest BCUT2D eigenvalue weighted by atomic mass is 9.72. The number of piperazine rings is 1. The van der Waals surface area contributed by atoms with Crippen molar-refractivity contribution in [2.24, 2.45) is 0 Å². The minimum atomic E-state index is -2.02. The lowest BCUT2D eigenvalue weighted by molar-refractivity contribution is -0.153. The van der Waals surface area contributed by atoms with Gasteiger partial charge in [0.25, 0.3) is 0 Å². The summed E-state index contributed by atoms with van der Waals surface area (Å²) in [5, 5.41) is 46.5. The van der Waals surface area contributed by atoms with Crippen molar-refractivity contribution in [1.82, 2.24) is 30.3 Å². The molecule has 1 saturated heterocycles. The third kappa shape index (κ3) is 7.42. The molecule has 6 N–H and O–H groups in total. The molecular formula is C29H28BClF2N6O10S. The molecule has 21 heteroatoms. The number of carboxylic acid groups (broad SMARTS) is 1. The Labute approximate surface area is 291 Å². The van der Waals surface area contributed by atoms with E-state index in [0.29, 0.717) is 24.1 Å². The van der Waals surface area contributed by atoms with Crippen LogP contribution in [-0.2, 0) is 27.3 Å². The van der Waals surface area contributed by atoms with Crippen LogP contribution in [-0.4, -0.2) is 116 Å². The summed E-state index contributed by atoms with van der Waals surface area (Å²) in [6.45, 7) is 0.705. The largest absolute Gasteiger partial charge is 0.547 e. The maximum absolute atomic E-state index is 14.6. The van der Waals surface area contributed by atoms with Gasteiger partial charge in [0.15, 0.2) is 17.3 Å². The number of phenols is 2. The molecule has 16 nitrogen and oxygen atoms in total. The van der Waals surface area contributed by atoms with Crippen LogP contribution in [0.3, 0.4) is 0 Å². The number of carbonyl (C=O) groups excluding carboxylic acids is 4. The first-order valence-corrected chi connectivity index (χ1v) is 16.0. The Morgan fingerprint density at radius 2 is 1.92 bits per heavy atom. The van der Waals surface area contributed by atoms with Crippen molar-refractivity contribution in [3.63, 3.8) is 0 Å². The highest BCUT2D eigenvalue weighted by molar-refractivity contribution is 7.09. The van der Waals surface area contributed by atoms with Gasteiger partial charge in [0.1, 0.15) is 28.2 Å². The van der Waals surface area contributed by atoms with Crippen LogP contribution in [0.2, 0.25) is 5.02 Å². The summed E-state index contributed by atoms with van der Waals surface area (Å²) in [6, 6.07) is -0.729. The zero-order chi connectivity index (χ0) is 36.4. The SMILES string of the molecule is CN(CCN1CCN(C(=O)N[C@@H](C(=O)N[C@H]2Cc3ccc(F)c(C(=O)O)c3OB2O)c2cc(F)c(O)c(O)c2Cl)C(=O)C1=O)Cc1nccs1. The number of hydrogen-bond acceptors (Lipinski definition) is 12. The molecule has 3 aromatic rings. The Morgan fingerprint density at radius 3 is 2.60 bits per heavy atom. The summed E-state index contributed by atoms with van der Waals surface area (Å²) in [6.07, 6.45) is 1.36. The van der Waals surface area contributed by atoms with Crippen molar-refractivity contribution in [2.75, 3.05) is 33.2 Å². The highest BCUT2D eigenvalue weighted by Gasteiger charge is 2.42. The fourth-order valence-electron chi connectivity index (χ4n) is 5.36. The number of hydrogen-bond donors (Lipinski definition) is 6. The predicted octanol–water partition coefficient (Wildman–Crippen LogP) is 0.877. The smallest absolute Gasteiger partial charge is 0.534 e. The number of amides is 5. The average Bonchev–Trinajstić information content (AvgIpc) is 3.58. The maximum atomic E-state index is 14.6. The van der Waals surface area contributed by atoms with E-state index < -0.39 is 93.9 Å². The zero-order valence-electron chi connectivity index (χ0n) is 25.9. The van der Waals surface area contributed by atoms with Crippen LogP contribution in [0.15, 0.2) is 29.8 Å². The van der Waals surface area contributed by atoms with E-state index in [-0.39, 0.29) is 31.6 Å². The number of imide groups is 1. The average molecular weight is 737 g/mol. The van der Waals surface area contributed by atoms with E-state index in [1.54, 1.807) is 6.20 Å². The number of urea groups is 1. The first-order chi connectivity index (χ1) is 23.7. The van der Waals surface area contributed by atoms with Crippen molar-refractivity contribution >= 4 is 59.8 Å². The van der Waals surface area contributed by atoms with Gasteiger partial charge in [-0.15, -0.1) is 11.3 Å². The Hall–Kier alpha value is -5.05. The number of benzene rings is 2. The van der Waals surface area contributed by atoms with Crippen LogP contribution in [0.5, 0.6) is 17.2 Å².